The Balaban J connectivity index is 2.45. The van der Waals surface area contributed by atoms with Crippen LogP contribution in [0.25, 0.3) is 0 Å². The van der Waals surface area contributed by atoms with Gasteiger partial charge in [-0.2, -0.15) is 23.5 Å². The topological polar surface area (TPSA) is 50.8 Å². The van der Waals surface area contributed by atoms with Crippen molar-refractivity contribution in [3.05, 3.63) is 40.5 Å². The quantitative estimate of drug-likeness (QED) is 0.848. The van der Waals surface area contributed by atoms with Crippen LogP contribution in [0.1, 0.15) is 11.3 Å². The Morgan fingerprint density at radius 3 is 2.40 bits per heavy atom. The van der Waals surface area contributed by atoms with Crippen molar-refractivity contribution in [3.63, 3.8) is 0 Å². The molecule has 104 valence electrons. The van der Waals surface area contributed by atoms with Crippen molar-refractivity contribution in [2.45, 2.75) is 6.18 Å². The fourth-order valence-electron chi connectivity index (χ4n) is 1.54. The van der Waals surface area contributed by atoms with Crippen LogP contribution in [0.3, 0.4) is 0 Å². The molecule has 1 heterocycles. The number of hydrogen-bond acceptors (Lipinski definition) is 3. The molecule has 2 rings (SSSR count). The number of benzene rings is 1. The van der Waals surface area contributed by atoms with Gasteiger partial charge in [0.25, 0.3) is 0 Å². The first-order valence-corrected chi connectivity index (χ1v) is 5.68. The molecular formula is C12H7ClF3N3O. The molecule has 0 saturated heterocycles. The van der Waals surface area contributed by atoms with Gasteiger partial charge in [-0.1, -0.05) is 11.6 Å². The number of rotatable bonds is 2. The van der Waals surface area contributed by atoms with Crippen molar-refractivity contribution in [2.24, 2.45) is 7.05 Å². The molecule has 0 unspecified atom stereocenters. The number of aryl methyl sites for hydroxylation is 1. The summed E-state index contributed by atoms with van der Waals surface area (Å²) in [7, 11) is 1.27. The lowest BCUT2D eigenvalue weighted by atomic mass is 10.2. The summed E-state index contributed by atoms with van der Waals surface area (Å²) in [6.45, 7) is 0. The molecule has 2 aromatic rings. The molecule has 0 aliphatic rings. The van der Waals surface area contributed by atoms with E-state index in [1.54, 1.807) is 0 Å². The molecule has 20 heavy (non-hydrogen) atoms. The smallest absolute Gasteiger partial charge is 0.436 e. The van der Waals surface area contributed by atoms with Crippen LogP contribution in [0.15, 0.2) is 24.3 Å². The van der Waals surface area contributed by atoms with Gasteiger partial charge in [0.15, 0.2) is 5.69 Å². The van der Waals surface area contributed by atoms with Gasteiger partial charge >= 0.3 is 6.18 Å². The highest BCUT2D eigenvalue weighted by molar-refractivity contribution is 6.30. The van der Waals surface area contributed by atoms with E-state index in [2.05, 4.69) is 5.10 Å². The van der Waals surface area contributed by atoms with E-state index in [0.29, 0.717) is 5.02 Å². The van der Waals surface area contributed by atoms with E-state index >= 15 is 0 Å². The second kappa shape index (κ2) is 5.06. The van der Waals surface area contributed by atoms with Crippen molar-refractivity contribution in [1.82, 2.24) is 9.78 Å². The average Bonchev–Trinajstić information content (AvgIpc) is 2.69. The first kappa shape index (κ1) is 14.2. The molecule has 0 atom stereocenters. The molecular weight excluding hydrogens is 295 g/mol. The van der Waals surface area contributed by atoms with Crippen LogP contribution >= 0.6 is 11.6 Å². The number of nitrogens with zero attached hydrogens (tertiary/aromatic N) is 3. The zero-order valence-corrected chi connectivity index (χ0v) is 10.8. The normalized spacial score (nSPS) is 11.2. The molecule has 4 nitrogen and oxygen atoms in total. The summed E-state index contributed by atoms with van der Waals surface area (Å²) < 4.78 is 44.3. The lowest BCUT2D eigenvalue weighted by Gasteiger charge is -2.06. The van der Waals surface area contributed by atoms with E-state index < -0.39 is 17.4 Å². The third kappa shape index (κ3) is 2.70. The van der Waals surface area contributed by atoms with Gasteiger partial charge < -0.3 is 4.74 Å². The summed E-state index contributed by atoms with van der Waals surface area (Å²) in [5, 5.41) is 12.6. The number of aromatic nitrogens is 2. The van der Waals surface area contributed by atoms with E-state index in [-0.39, 0.29) is 11.6 Å². The second-order valence-corrected chi connectivity index (χ2v) is 4.25. The lowest BCUT2D eigenvalue weighted by molar-refractivity contribution is -0.141. The lowest BCUT2D eigenvalue weighted by Crippen LogP contribution is -2.08. The highest BCUT2D eigenvalue weighted by atomic mass is 35.5. The maximum atomic E-state index is 12.7. The molecule has 0 saturated carbocycles. The predicted molar refractivity (Wildman–Crippen MR) is 64.5 cm³/mol. The summed E-state index contributed by atoms with van der Waals surface area (Å²) in [5.41, 5.74) is -1.93. The van der Waals surface area contributed by atoms with Crippen LogP contribution in [-0.4, -0.2) is 9.78 Å². The molecule has 1 aromatic carbocycles. The van der Waals surface area contributed by atoms with E-state index in [1.807, 2.05) is 0 Å². The summed E-state index contributed by atoms with van der Waals surface area (Å²) in [6, 6.07) is 7.46. The van der Waals surface area contributed by atoms with E-state index in [1.165, 1.54) is 37.4 Å². The number of ether oxygens (including phenoxy) is 1. The summed E-state index contributed by atoms with van der Waals surface area (Å²) >= 11 is 5.69. The third-order valence-corrected chi connectivity index (χ3v) is 2.66. The standard InChI is InChI=1S/C12H7ClF3N3O/c1-19-11(20-8-4-2-7(13)3-5-8)9(6-17)10(18-19)12(14,15)16/h2-5H,1H3. The molecule has 0 aliphatic carbocycles. The van der Waals surface area contributed by atoms with Crippen molar-refractivity contribution < 1.29 is 17.9 Å². The number of nitriles is 1. The van der Waals surface area contributed by atoms with Crippen LogP contribution in [0, 0.1) is 11.3 Å². The van der Waals surface area contributed by atoms with E-state index in [4.69, 9.17) is 21.6 Å². The summed E-state index contributed by atoms with van der Waals surface area (Å²) in [5.74, 6) is -0.0234. The van der Waals surface area contributed by atoms with Crippen molar-refractivity contribution in [2.75, 3.05) is 0 Å². The molecule has 0 N–H and O–H groups in total. The SMILES string of the molecule is Cn1nc(C(F)(F)F)c(C#N)c1Oc1ccc(Cl)cc1. The first-order valence-electron chi connectivity index (χ1n) is 5.30. The van der Waals surface area contributed by atoms with Gasteiger partial charge in [0.1, 0.15) is 17.4 Å². The van der Waals surface area contributed by atoms with Crippen LogP contribution in [-0.2, 0) is 13.2 Å². The molecule has 0 spiro atoms. The van der Waals surface area contributed by atoms with Gasteiger partial charge in [-0.25, -0.2) is 4.68 Å². The third-order valence-electron chi connectivity index (χ3n) is 2.40. The van der Waals surface area contributed by atoms with Gasteiger partial charge in [-0.3, -0.25) is 0 Å². The zero-order valence-electron chi connectivity index (χ0n) is 10.1. The van der Waals surface area contributed by atoms with Gasteiger partial charge in [0.05, 0.1) is 0 Å². The number of hydrogen-bond donors (Lipinski definition) is 0. The highest BCUT2D eigenvalue weighted by Crippen LogP contribution is 2.36. The van der Waals surface area contributed by atoms with Crippen LogP contribution < -0.4 is 4.74 Å². The Morgan fingerprint density at radius 1 is 1.30 bits per heavy atom. The fourth-order valence-corrected chi connectivity index (χ4v) is 1.67. The molecule has 0 fully saturated rings. The summed E-state index contributed by atoms with van der Waals surface area (Å²) in [4.78, 5) is 0. The van der Waals surface area contributed by atoms with Crippen molar-refractivity contribution in [1.29, 1.82) is 5.26 Å². The Morgan fingerprint density at radius 2 is 1.90 bits per heavy atom. The summed E-state index contributed by atoms with van der Waals surface area (Å²) in [6.07, 6.45) is -4.72. The van der Waals surface area contributed by atoms with Crippen molar-refractivity contribution >= 4 is 11.6 Å². The second-order valence-electron chi connectivity index (χ2n) is 3.82. The minimum absolute atomic E-state index is 0.252. The van der Waals surface area contributed by atoms with Gasteiger partial charge in [0, 0.05) is 12.1 Å². The predicted octanol–water partition coefficient (Wildman–Crippen LogP) is 3.76. The number of alkyl halides is 3. The van der Waals surface area contributed by atoms with Gasteiger partial charge in [0.2, 0.25) is 5.88 Å². The van der Waals surface area contributed by atoms with E-state index in [0.717, 1.165) is 4.68 Å². The molecule has 1 aromatic heterocycles. The van der Waals surface area contributed by atoms with E-state index in [9.17, 15) is 13.2 Å². The van der Waals surface area contributed by atoms with Crippen LogP contribution in [0.2, 0.25) is 5.02 Å². The largest absolute Gasteiger partial charge is 0.438 e. The minimum atomic E-state index is -4.72. The van der Waals surface area contributed by atoms with Crippen molar-refractivity contribution in [3.8, 4) is 17.7 Å². The van der Waals surface area contributed by atoms with Gasteiger partial charge in [-0.05, 0) is 24.3 Å². The maximum absolute atomic E-state index is 12.7. The van der Waals surface area contributed by atoms with Crippen LogP contribution in [0.4, 0.5) is 13.2 Å². The minimum Gasteiger partial charge on any atom is -0.438 e. The molecule has 0 bridgehead atoms. The first-order chi connectivity index (χ1) is 9.32. The highest BCUT2D eigenvalue weighted by Gasteiger charge is 2.39. The Labute approximate surface area is 116 Å². The van der Waals surface area contributed by atoms with Crippen LogP contribution in [0.5, 0.6) is 11.6 Å². The maximum Gasteiger partial charge on any atom is 0.436 e. The fraction of sp³-hybridized carbons (Fsp3) is 0.167. The molecule has 0 aliphatic heterocycles. The number of halogens is 4. The molecule has 0 radical (unpaired) electrons. The molecule has 0 amide bonds. The monoisotopic (exact) mass is 301 g/mol. The Bertz CT molecular complexity index is 671. The zero-order chi connectivity index (χ0) is 14.9. The Kier molecular flexibility index (Phi) is 3.59. The van der Waals surface area contributed by atoms with Gasteiger partial charge in [-0.15, -0.1) is 0 Å². The Hall–Kier alpha value is -2.20. The average molecular weight is 302 g/mol. The molecule has 8 heteroatoms.